The van der Waals surface area contributed by atoms with Gasteiger partial charge in [0.25, 0.3) is 0 Å². The molecule has 7 nitrogen and oxygen atoms in total. The highest BCUT2D eigenvalue weighted by atomic mass is 35.5. The number of rotatable bonds is 4. The van der Waals surface area contributed by atoms with Crippen LogP contribution in [0.15, 0.2) is 30.3 Å². The van der Waals surface area contributed by atoms with Crippen LogP contribution >= 0.6 is 11.6 Å². The lowest BCUT2D eigenvalue weighted by atomic mass is 9.57. The summed E-state index contributed by atoms with van der Waals surface area (Å²) in [4.78, 5) is 9.85. The molecule has 3 aliphatic heterocycles. The van der Waals surface area contributed by atoms with Gasteiger partial charge in [0.2, 0.25) is 5.95 Å². The number of hydrogen-bond acceptors (Lipinski definition) is 6. The molecule has 1 aromatic carbocycles. The Morgan fingerprint density at radius 1 is 1.05 bits per heavy atom. The lowest BCUT2D eigenvalue weighted by molar-refractivity contribution is -0.161. The van der Waals surface area contributed by atoms with Gasteiger partial charge in [-0.2, -0.15) is 17.6 Å². The summed E-state index contributed by atoms with van der Waals surface area (Å²) in [7, 11) is 0. The number of nitrogens with zero attached hydrogens (tertiary/aromatic N) is 7. The summed E-state index contributed by atoms with van der Waals surface area (Å²) in [5, 5.41) is 9.81. The van der Waals surface area contributed by atoms with Crippen molar-refractivity contribution < 1.29 is 17.6 Å². The van der Waals surface area contributed by atoms with Crippen LogP contribution in [0.3, 0.4) is 0 Å². The van der Waals surface area contributed by atoms with Gasteiger partial charge in [0, 0.05) is 60.7 Å². The first kappa shape index (κ1) is 25.2. The van der Waals surface area contributed by atoms with Crippen LogP contribution in [0, 0.1) is 18.3 Å². The summed E-state index contributed by atoms with van der Waals surface area (Å²) in [6.45, 7) is 4.37. The molecule has 0 amide bonds. The summed E-state index contributed by atoms with van der Waals surface area (Å²) in [5.41, 5.74) is 2.72. The molecule has 2 aromatic heterocycles. The minimum absolute atomic E-state index is 0.0130. The minimum Gasteiger partial charge on any atom is -0.355 e. The molecule has 0 bridgehead atoms. The van der Waals surface area contributed by atoms with E-state index in [9.17, 15) is 17.6 Å². The van der Waals surface area contributed by atoms with Gasteiger partial charge in [0.1, 0.15) is 11.6 Å². The lowest BCUT2D eigenvalue weighted by Crippen LogP contribution is -2.62. The van der Waals surface area contributed by atoms with Crippen LogP contribution in [0.4, 0.5) is 23.4 Å². The van der Waals surface area contributed by atoms with Gasteiger partial charge in [-0.15, -0.1) is 10.2 Å². The fourth-order valence-corrected chi connectivity index (χ4v) is 6.95. The number of aromatic nitrogens is 4. The number of anilines is 1. The quantitative estimate of drug-likeness (QED) is 0.340. The average molecular weight is 562 g/mol. The first-order valence-electron chi connectivity index (χ1n) is 13.2. The van der Waals surface area contributed by atoms with Gasteiger partial charge in [-0.25, -0.2) is 4.98 Å². The second-order valence-corrected chi connectivity index (χ2v) is 12.1. The van der Waals surface area contributed by atoms with Crippen molar-refractivity contribution in [2.24, 2.45) is 5.41 Å². The third kappa shape index (κ3) is 4.48. The molecule has 2 saturated heterocycles. The van der Waals surface area contributed by atoms with Crippen molar-refractivity contribution in [1.29, 1.82) is 0 Å². The molecule has 4 aliphatic rings. The second-order valence-electron chi connectivity index (χ2n) is 11.7. The van der Waals surface area contributed by atoms with E-state index in [1.165, 1.54) is 4.90 Å². The zero-order valence-electron chi connectivity index (χ0n) is 21.4. The van der Waals surface area contributed by atoms with Crippen molar-refractivity contribution in [3.63, 3.8) is 0 Å². The number of halogens is 5. The molecule has 0 unspecified atom stereocenters. The van der Waals surface area contributed by atoms with Crippen molar-refractivity contribution in [2.45, 2.75) is 51.0 Å². The van der Waals surface area contributed by atoms with E-state index in [1.807, 2.05) is 24.3 Å². The van der Waals surface area contributed by atoms with Crippen LogP contribution < -0.4 is 4.90 Å². The number of fused-ring (bicyclic) bond motifs is 3. The van der Waals surface area contributed by atoms with E-state index in [0.717, 1.165) is 48.8 Å². The molecule has 1 saturated carbocycles. The van der Waals surface area contributed by atoms with E-state index in [1.54, 1.807) is 13.0 Å². The molecule has 7 rings (SSSR count). The number of pyridine rings is 1. The predicted molar refractivity (Wildman–Crippen MR) is 137 cm³/mol. The first-order valence-corrected chi connectivity index (χ1v) is 13.6. The standard InChI is InChI=1S/C27H28ClF4N7/c1-16-2-5-22(33-24(16)29)38-13-26(14-38)7-18(8-26)25-35-34-23-12-37(20-10-36(11-20)15-27(30,31)32)9-17-6-19(28)3-4-21(17)39(23)25/h2-6,18,20H,7-15H2,1H3. The van der Waals surface area contributed by atoms with Gasteiger partial charge < -0.3 is 4.90 Å². The SMILES string of the molecule is Cc1ccc(N2CC3(CC(c4nnc5n4-c4ccc(Cl)cc4CN(C4CN(CC(F)(F)F)C4)C5)C3)C2)nc1F. The summed E-state index contributed by atoms with van der Waals surface area (Å²) < 4.78 is 54.6. The van der Waals surface area contributed by atoms with Gasteiger partial charge >= 0.3 is 6.18 Å². The summed E-state index contributed by atoms with van der Waals surface area (Å²) in [6, 6.07) is 9.44. The van der Waals surface area contributed by atoms with Gasteiger partial charge in [-0.3, -0.25) is 14.4 Å². The number of benzene rings is 1. The normalized spacial score (nSPS) is 21.6. The van der Waals surface area contributed by atoms with Crippen LogP contribution in [0.1, 0.15) is 41.5 Å². The van der Waals surface area contributed by atoms with Crippen LogP contribution in [0.25, 0.3) is 5.69 Å². The van der Waals surface area contributed by atoms with Crippen molar-refractivity contribution in [1.82, 2.24) is 29.5 Å². The van der Waals surface area contributed by atoms with E-state index in [-0.39, 0.29) is 17.4 Å². The maximum atomic E-state index is 13.9. The van der Waals surface area contributed by atoms with E-state index < -0.39 is 18.7 Å². The van der Waals surface area contributed by atoms with Crippen LogP contribution in [0.2, 0.25) is 5.02 Å². The molecule has 5 heterocycles. The molecule has 0 N–H and O–H groups in total. The van der Waals surface area contributed by atoms with E-state index in [0.29, 0.717) is 42.6 Å². The first-order chi connectivity index (χ1) is 18.6. The molecule has 3 fully saturated rings. The molecule has 3 aromatic rings. The van der Waals surface area contributed by atoms with Crippen molar-refractivity contribution in [3.05, 3.63) is 64.1 Å². The van der Waals surface area contributed by atoms with Crippen LogP contribution in [-0.2, 0) is 13.1 Å². The maximum Gasteiger partial charge on any atom is 0.401 e. The fraction of sp³-hybridized carbons (Fsp3) is 0.519. The van der Waals surface area contributed by atoms with Crippen LogP contribution in [0.5, 0.6) is 0 Å². The van der Waals surface area contributed by atoms with E-state index >= 15 is 0 Å². The zero-order chi connectivity index (χ0) is 27.1. The highest BCUT2D eigenvalue weighted by molar-refractivity contribution is 6.30. The Morgan fingerprint density at radius 2 is 1.82 bits per heavy atom. The molecule has 0 atom stereocenters. The Hall–Kier alpha value is -2.76. The molecule has 12 heteroatoms. The summed E-state index contributed by atoms with van der Waals surface area (Å²) in [5.74, 6) is 2.23. The van der Waals surface area contributed by atoms with Crippen molar-refractivity contribution in [2.75, 3.05) is 37.6 Å². The Bertz CT molecular complexity index is 1420. The van der Waals surface area contributed by atoms with Gasteiger partial charge in [-0.1, -0.05) is 17.7 Å². The molecule has 0 radical (unpaired) electrons. The Morgan fingerprint density at radius 3 is 2.54 bits per heavy atom. The monoisotopic (exact) mass is 561 g/mol. The number of aryl methyl sites for hydroxylation is 1. The summed E-state index contributed by atoms with van der Waals surface area (Å²) >= 11 is 6.36. The molecule has 39 heavy (non-hydrogen) atoms. The van der Waals surface area contributed by atoms with E-state index in [2.05, 4.69) is 29.5 Å². The van der Waals surface area contributed by atoms with Crippen LogP contribution in [-0.4, -0.2) is 74.5 Å². The topological polar surface area (TPSA) is 53.3 Å². The number of likely N-dealkylation sites (tertiary alicyclic amines) is 1. The molecular weight excluding hydrogens is 534 g/mol. The molecule has 1 spiro atoms. The third-order valence-corrected chi connectivity index (χ3v) is 8.97. The predicted octanol–water partition coefficient (Wildman–Crippen LogP) is 4.71. The van der Waals surface area contributed by atoms with Crippen molar-refractivity contribution >= 4 is 17.4 Å². The molecule has 206 valence electrons. The zero-order valence-corrected chi connectivity index (χ0v) is 22.2. The Kier molecular flexibility index (Phi) is 5.74. The highest BCUT2D eigenvalue weighted by Gasteiger charge is 2.54. The van der Waals surface area contributed by atoms with Gasteiger partial charge in [-0.05, 0) is 49.6 Å². The highest BCUT2D eigenvalue weighted by Crippen LogP contribution is 2.56. The maximum absolute atomic E-state index is 13.9. The average Bonchev–Trinajstić information content (AvgIpc) is 3.11. The van der Waals surface area contributed by atoms with Gasteiger partial charge in [0.05, 0.1) is 18.8 Å². The molecular formula is C27H28ClF4N7. The third-order valence-electron chi connectivity index (χ3n) is 8.73. The second kappa shape index (κ2) is 8.87. The Balaban J connectivity index is 1.08. The number of alkyl halides is 3. The largest absolute Gasteiger partial charge is 0.401 e. The summed E-state index contributed by atoms with van der Waals surface area (Å²) in [6.07, 6.45) is -2.25. The smallest absolute Gasteiger partial charge is 0.355 e. The number of hydrogen-bond donors (Lipinski definition) is 0. The van der Waals surface area contributed by atoms with E-state index in [4.69, 9.17) is 11.6 Å². The van der Waals surface area contributed by atoms with Crippen molar-refractivity contribution in [3.8, 4) is 5.69 Å². The lowest BCUT2D eigenvalue weighted by Gasteiger charge is -2.59. The molecule has 1 aliphatic carbocycles. The minimum atomic E-state index is -4.19. The fourth-order valence-electron chi connectivity index (χ4n) is 6.75. The van der Waals surface area contributed by atoms with Gasteiger partial charge in [0.15, 0.2) is 5.82 Å². The Labute approximate surface area is 228 Å².